The maximum absolute atomic E-state index is 12.6. The standard InChI is InChI=1S/C14H22N2O2/c1-12-3-2-7-16(8-4-12)13(17)14(11-15)5-9-18-10-6-14/h12H,2-10H2,1H3. The molecule has 0 aliphatic carbocycles. The molecule has 2 fully saturated rings. The minimum Gasteiger partial charge on any atom is -0.381 e. The van der Waals surface area contributed by atoms with Crippen LogP contribution in [0.3, 0.4) is 0 Å². The number of carbonyl (C=O) groups is 1. The van der Waals surface area contributed by atoms with E-state index in [2.05, 4.69) is 13.0 Å². The third kappa shape index (κ3) is 2.67. The molecular formula is C14H22N2O2. The lowest BCUT2D eigenvalue weighted by Gasteiger charge is -2.34. The predicted octanol–water partition coefficient (Wildman–Crippen LogP) is 1.96. The van der Waals surface area contributed by atoms with Crippen LogP contribution in [0.15, 0.2) is 0 Å². The van der Waals surface area contributed by atoms with Crippen LogP contribution in [-0.4, -0.2) is 37.1 Å². The zero-order valence-electron chi connectivity index (χ0n) is 11.2. The summed E-state index contributed by atoms with van der Waals surface area (Å²) in [6.45, 7) is 4.92. The van der Waals surface area contributed by atoms with Crippen molar-refractivity contribution in [3.8, 4) is 6.07 Å². The van der Waals surface area contributed by atoms with Crippen LogP contribution in [0.1, 0.15) is 39.0 Å². The molecule has 0 aromatic rings. The van der Waals surface area contributed by atoms with E-state index in [-0.39, 0.29) is 5.91 Å². The number of likely N-dealkylation sites (tertiary alicyclic amines) is 1. The lowest BCUT2D eigenvalue weighted by molar-refractivity contribution is -0.143. The number of ether oxygens (including phenoxy) is 1. The molecule has 2 rings (SSSR count). The Morgan fingerprint density at radius 1 is 1.33 bits per heavy atom. The Bertz CT molecular complexity index is 342. The van der Waals surface area contributed by atoms with Gasteiger partial charge in [0.2, 0.25) is 5.91 Å². The molecule has 0 aromatic carbocycles. The molecule has 4 heteroatoms. The number of nitrogens with zero attached hydrogens (tertiary/aromatic N) is 2. The summed E-state index contributed by atoms with van der Waals surface area (Å²) in [5, 5.41) is 9.41. The van der Waals surface area contributed by atoms with Gasteiger partial charge in [0.25, 0.3) is 0 Å². The quantitative estimate of drug-likeness (QED) is 0.714. The average Bonchev–Trinajstić information content (AvgIpc) is 2.63. The minimum atomic E-state index is -0.814. The van der Waals surface area contributed by atoms with Gasteiger partial charge in [0.05, 0.1) is 6.07 Å². The van der Waals surface area contributed by atoms with Crippen LogP contribution in [0, 0.1) is 22.7 Å². The highest BCUT2D eigenvalue weighted by atomic mass is 16.5. The zero-order valence-corrected chi connectivity index (χ0v) is 11.2. The number of nitriles is 1. The van der Waals surface area contributed by atoms with E-state index in [1.807, 2.05) is 4.90 Å². The highest BCUT2D eigenvalue weighted by Crippen LogP contribution is 2.33. The van der Waals surface area contributed by atoms with E-state index >= 15 is 0 Å². The Balaban J connectivity index is 2.06. The highest BCUT2D eigenvalue weighted by molar-refractivity contribution is 5.85. The summed E-state index contributed by atoms with van der Waals surface area (Å²) >= 11 is 0. The number of carbonyl (C=O) groups excluding carboxylic acids is 1. The van der Waals surface area contributed by atoms with E-state index in [0.29, 0.717) is 32.0 Å². The second-order valence-corrected chi connectivity index (χ2v) is 5.63. The maximum Gasteiger partial charge on any atom is 0.243 e. The second kappa shape index (κ2) is 5.71. The molecule has 0 spiro atoms. The fourth-order valence-corrected chi connectivity index (χ4v) is 2.86. The van der Waals surface area contributed by atoms with Crippen LogP contribution in [0.5, 0.6) is 0 Å². The molecule has 1 atom stereocenters. The van der Waals surface area contributed by atoms with Gasteiger partial charge in [-0.05, 0) is 38.0 Å². The van der Waals surface area contributed by atoms with Crippen molar-refractivity contribution >= 4 is 5.91 Å². The van der Waals surface area contributed by atoms with E-state index < -0.39 is 5.41 Å². The van der Waals surface area contributed by atoms with E-state index in [1.165, 1.54) is 6.42 Å². The van der Waals surface area contributed by atoms with E-state index in [1.54, 1.807) is 0 Å². The highest BCUT2D eigenvalue weighted by Gasteiger charge is 2.43. The fraction of sp³-hybridized carbons (Fsp3) is 0.857. The predicted molar refractivity (Wildman–Crippen MR) is 67.7 cm³/mol. The normalized spacial score (nSPS) is 28.2. The molecule has 0 saturated carbocycles. The first kappa shape index (κ1) is 13.4. The van der Waals surface area contributed by atoms with E-state index in [0.717, 1.165) is 25.9 Å². The van der Waals surface area contributed by atoms with Crippen molar-refractivity contribution in [2.45, 2.75) is 39.0 Å². The summed E-state index contributed by atoms with van der Waals surface area (Å²) in [4.78, 5) is 14.5. The van der Waals surface area contributed by atoms with Crippen LogP contribution in [0.25, 0.3) is 0 Å². The summed E-state index contributed by atoms with van der Waals surface area (Å²) < 4.78 is 5.28. The van der Waals surface area contributed by atoms with Crippen molar-refractivity contribution in [3.05, 3.63) is 0 Å². The average molecular weight is 250 g/mol. The van der Waals surface area contributed by atoms with Crippen LogP contribution in [0.4, 0.5) is 0 Å². The molecule has 0 bridgehead atoms. The van der Waals surface area contributed by atoms with Gasteiger partial charge < -0.3 is 9.64 Å². The molecule has 2 aliphatic heterocycles. The first-order chi connectivity index (χ1) is 8.68. The number of amides is 1. The summed E-state index contributed by atoms with van der Waals surface area (Å²) in [6.07, 6.45) is 4.41. The molecule has 2 saturated heterocycles. The van der Waals surface area contributed by atoms with Crippen molar-refractivity contribution in [1.82, 2.24) is 4.90 Å². The van der Waals surface area contributed by atoms with Crippen LogP contribution < -0.4 is 0 Å². The molecule has 1 amide bonds. The third-order valence-electron chi connectivity index (χ3n) is 4.27. The van der Waals surface area contributed by atoms with Crippen LogP contribution in [-0.2, 0) is 9.53 Å². The maximum atomic E-state index is 12.6. The third-order valence-corrected chi connectivity index (χ3v) is 4.27. The lowest BCUT2D eigenvalue weighted by Crippen LogP contribution is -2.46. The topological polar surface area (TPSA) is 53.3 Å². The van der Waals surface area contributed by atoms with E-state index in [9.17, 15) is 10.1 Å². The largest absolute Gasteiger partial charge is 0.381 e. The van der Waals surface area contributed by atoms with Gasteiger partial charge in [0, 0.05) is 26.3 Å². The summed E-state index contributed by atoms with van der Waals surface area (Å²) in [6, 6.07) is 2.27. The first-order valence-electron chi connectivity index (χ1n) is 6.96. The van der Waals surface area contributed by atoms with Gasteiger partial charge in [-0.15, -0.1) is 0 Å². The monoisotopic (exact) mass is 250 g/mol. The Morgan fingerprint density at radius 3 is 2.72 bits per heavy atom. The zero-order chi connectivity index (χ0) is 13.0. The van der Waals surface area contributed by atoms with Gasteiger partial charge in [-0.25, -0.2) is 0 Å². The number of hydrogen-bond acceptors (Lipinski definition) is 3. The fourth-order valence-electron chi connectivity index (χ4n) is 2.86. The molecule has 2 aliphatic rings. The Morgan fingerprint density at radius 2 is 2.06 bits per heavy atom. The van der Waals surface area contributed by atoms with Crippen molar-refractivity contribution in [3.63, 3.8) is 0 Å². The van der Waals surface area contributed by atoms with Gasteiger partial charge in [-0.3, -0.25) is 4.79 Å². The molecule has 2 heterocycles. The van der Waals surface area contributed by atoms with Crippen molar-refractivity contribution in [2.24, 2.45) is 11.3 Å². The van der Waals surface area contributed by atoms with Gasteiger partial charge >= 0.3 is 0 Å². The van der Waals surface area contributed by atoms with Gasteiger partial charge in [-0.1, -0.05) is 6.92 Å². The molecule has 0 radical (unpaired) electrons. The van der Waals surface area contributed by atoms with Crippen molar-refractivity contribution in [2.75, 3.05) is 26.3 Å². The molecule has 4 nitrogen and oxygen atoms in total. The Hall–Kier alpha value is -1.08. The second-order valence-electron chi connectivity index (χ2n) is 5.63. The molecule has 0 aromatic heterocycles. The van der Waals surface area contributed by atoms with Crippen molar-refractivity contribution in [1.29, 1.82) is 5.26 Å². The summed E-state index contributed by atoms with van der Waals surface area (Å²) in [5.41, 5.74) is -0.814. The SMILES string of the molecule is CC1CCCN(C(=O)C2(C#N)CCOCC2)CC1. The number of hydrogen-bond donors (Lipinski definition) is 0. The Kier molecular flexibility index (Phi) is 4.23. The van der Waals surface area contributed by atoms with E-state index in [4.69, 9.17) is 4.74 Å². The van der Waals surface area contributed by atoms with Crippen molar-refractivity contribution < 1.29 is 9.53 Å². The number of rotatable bonds is 1. The molecule has 0 N–H and O–H groups in total. The first-order valence-corrected chi connectivity index (χ1v) is 6.96. The van der Waals surface area contributed by atoms with Gasteiger partial charge in [0.15, 0.2) is 0 Å². The summed E-state index contributed by atoms with van der Waals surface area (Å²) in [5.74, 6) is 0.734. The van der Waals surface area contributed by atoms with Gasteiger partial charge in [-0.2, -0.15) is 5.26 Å². The van der Waals surface area contributed by atoms with Gasteiger partial charge in [0.1, 0.15) is 5.41 Å². The summed E-state index contributed by atoms with van der Waals surface area (Å²) in [7, 11) is 0. The molecule has 18 heavy (non-hydrogen) atoms. The minimum absolute atomic E-state index is 0.0439. The van der Waals surface area contributed by atoms with Crippen LogP contribution in [0.2, 0.25) is 0 Å². The molecule has 1 unspecified atom stereocenters. The molecule has 100 valence electrons. The molecular weight excluding hydrogens is 228 g/mol. The van der Waals surface area contributed by atoms with Crippen LogP contribution >= 0.6 is 0 Å². The Labute approximate surface area is 109 Å². The lowest BCUT2D eigenvalue weighted by atomic mass is 9.80. The smallest absolute Gasteiger partial charge is 0.243 e.